The van der Waals surface area contributed by atoms with Gasteiger partial charge in [-0.05, 0) is 62.5 Å². The molecule has 0 amide bonds. The van der Waals surface area contributed by atoms with Crippen LogP contribution in [0.25, 0.3) is 0 Å². The molecule has 0 saturated heterocycles. The Morgan fingerprint density at radius 2 is 2.22 bits per heavy atom. The number of allylic oxidation sites excluding steroid dienone is 3. The van der Waals surface area contributed by atoms with E-state index in [4.69, 9.17) is 17.0 Å². The smallest absolute Gasteiger partial charge is 0.191 e. The number of hydrazone groups is 1. The predicted octanol–water partition coefficient (Wildman–Crippen LogP) is 4.27. The minimum absolute atomic E-state index is 0.455. The van der Waals surface area contributed by atoms with Crippen molar-refractivity contribution in [3.63, 3.8) is 0 Å². The number of rotatable bonds is 4. The van der Waals surface area contributed by atoms with Crippen LogP contribution in [0.1, 0.15) is 26.7 Å². The van der Waals surface area contributed by atoms with Crippen LogP contribution in [-0.4, -0.2) is 17.9 Å². The van der Waals surface area contributed by atoms with Crippen LogP contribution < -0.4 is 15.5 Å². The van der Waals surface area contributed by atoms with Crippen molar-refractivity contribution in [2.45, 2.75) is 26.7 Å². The van der Waals surface area contributed by atoms with Crippen LogP contribution in [-0.2, 0) is 0 Å². The highest BCUT2D eigenvalue weighted by Gasteiger charge is 2.18. The minimum Gasteiger partial charge on any atom is -0.497 e. The van der Waals surface area contributed by atoms with Gasteiger partial charge in [-0.1, -0.05) is 24.3 Å². The van der Waals surface area contributed by atoms with Crippen LogP contribution in [0.2, 0.25) is 0 Å². The molecule has 0 fully saturated rings. The van der Waals surface area contributed by atoms with Crippen LogP contribution in [0.15, 0.2) is 53.2 Å². The molecule has 23 heavy (non-hydrogen) atoms. The summed E-state index contributed by atoms with van der Waals surface area (Å²) in [6.45, 7) is 8.20. The van der Waals surface area contributed by atoms with E-state index >= 15 is 0 Å². The van der Waals surface area contributed by atoms with Gasteiger partial charge in [-0.3, -0.25) is 5.43 Å². The van der Waals surface area contributed by atoms with Crippen LogP contribution in [0.3, 0.4) is 0 Å². The quantitative estimate of drug-likeness (QED) is 0.492. The van der Waals surface area contributed by atoms with Crippen LogP contribution in [0.4, 0.5) is 5.69 Å². The molecule has 2 N–H and O–H groups in total. The van der Waals surface area contributed by atoms with Crippen molar-refractivity contribution in [2.24, 2.45) is 11.0 Å². The Labute approximate surface area is 143 Å². The summed E-state index contributed by atoms with van der Waals surface area (Å²) < 4.78 is 5.19. The lowest BCUT2D eigenvalue weighted by Gasteiger charge is -2.22. The van der Waals surface area contributed by atoms with Crippen molar-refractivity contribution in [3.05, 3.63) is 48.1 Å². The molecular weight excluding hydrogens is 306 g/mol. The zero-order chi connectivity index (χ0) is 16.8. The molecule has 4 nitrogen and oxygen atoms in total. The van der Waals surface area contributed by atoms with Crippen LogP contribution in [0, 0.1) is 5.92 Å². The molecule has 0 spiro atoms. The van der Waals surface area contributed by atoms with Crippen molar-refractivity contribution >= 4 is 28.7 Å². The van der Waals surface area contributed by atoms with E-state index in [9.17, 15) is 0 Å². The van der Waals surface area contributed by atoms with Crippen molar-refractivity contribution in [1.29, 1.82) is 0 Å². The van der Waals surface area contributed by atoms with Gasteiger partial charge in [0, 0.05) is 11.8 Å². The predicted molar refractivity (Wildman–Crippen MR) is 101 cm³/mol. The summed E-state index contributed by atoms with van der Waals surface area (Å²) in [6, 6.07) is 7.59. The molecule has 0 aromatic heterocycles. The van der Waals surface area contributed by atoms with Crippen LogP contribution in [0.5, 0.6) is 5.75 Å². The van der Waals surface area contributed by atoms with E-state index in [1.165, 1.54) is 11.1 Å². The minimum atomic E-state index is 0.455. The van der Waals surface area contributed by atoms with Crippen LogP contribution >= 0.6 is 12.2 Å². The number of hydrogen-bond acceptors (Lipinski definition) is 3. The maximum atomic E-state index is 5.30. The maximum Gasteiger partial charge on any atom is 0.191 e. The Bertz CT molecular complexity index is 664. The second-order valence-electron chi connectivity index (χ2n) is 5.73. The fourth-order valence-corrected chi connectivity index (χ4v) is 2.57. The van der Waals surface area contributed by atoms with Gasteiger partial charge < -0.3 is 10.1 Å². The molecule has 1 aliphatic carbocycles. The lowest BCUT2D eigenvalue weighted by atomic mass is 9.85. The monoisotopic (exact) mass is 329 g/mol. The molecule has 0 bridgehead atoms. The van der Waals surface area contributed by atoms with Gasteiger partial charge >= 0.3 is 0 Å². The zero-order valence-corrected chi connectivity index (χ0v) is 14.7. The van der Waals surface area contributed by atoms with E-state index in [1.807, 2.05) is 24.3 Å². The second-order valence-corrected chi connectivity index (χ2v) is 6.13. The molecule has 0 radical (unpaired) electrons. The average molecular weight is 329 g/mol. The number of thiocarbonyl (C=S) groups is 1. The standard InChI is InChI=1S/C18H23N3OS/c1-12(2)14-9-8-13(3)17(10-14)20-21-18(23)19-15-6-5-7-16(11-15)22-4/h5-8,11,14H,1,9-10H2,2-4H3,(H2,19,21,23)/t14-/m1/s1. The molecule has 1 atom stereocenters. The molecule has 1 aromatic rings. The molecule has 0 unspecified atom stereocenters. The van der Waals surface area contributed by atoms with Gasteiger partial charge in [-0.25, -0.2) is 0 Å². The summed E-state index contributed by atoms with van der Waals surface area (Å²) in [5.74, 6) is 1.23. The highest BCUT2D eigenvalue weighted by atomic mass is 32.1. The largest absolute Gasteiger partial charge is 0.497 e. The van der Waals surface area contributed by atoms with Gasteiger partial charge in [0.2, 0.25) is 0 Å². The van der Waals surface area contributed by atoms with Gasteiger partial charge in [0.15, 0.2) is 5.11 Å². The molecule has 0 aliphatic heterocycles. The maximum absolute atomic E-state index is 5.30. The number of anilines is 1. The van der Waals surface area contributed by atoms with E-state index in [0.717, 1.165) is 30.0 Å². The Balaban J connectivity index is 1.98. The first kappa shape index (κ1) is 17.2. The Morgan fingerprint density at radius 3 is 2.91 bits per heavy atom. The molecule has 5 heteroatoms. The van der Waals surface area contributed by atoms with Gasteiger partial charge in [0.25, 0.3) is 0 Å². The van der Waals surface area contributed by atoms with Crippen molar-refractivity contribution in [2.75, 3.05) is 12.4 Å². The zero-order valence-electron chi connectivity index (χ0n) is 13.8. The van der Waals surface area contributed by atoms with Gasteiger partial charge in [-0.2, -0.15) is 5.10 Å². The molecule has 0 heterocycles. The van der Waals surface area contributed by atoms with Crippen molar-refractivity contribution in [1.82, 2.24) is 5.43 Å². The van der Waals surface area contributed by atoms with E-state index in [2.05, 4.69) is 42.3 Å². The van der Waals surface area contributed by atoms with Crippen molar-refractivity contribution in [3.8, 4) is 5.75 Å². The Kier molecular flexibility index (Phi) is 5.93. The summed E-state index contributed by atoms with van der Waals surface area (Å²) >= 11 is 5.30. The molecule has 122 valence electrons. The molecular formula is C18H23N3OS. The summed E-state index contributed by atoms with van der Waals surface area (Å²) in [5, 5.41) is 8.01. The highest BCUT2D eigenvalue weighted by molar-refractivity contribution is 7.80. The first-order chi connectivity index (χ1) is 11.0. The lowest BCUT2D eigenvalue weighted by molar-refractivity contribution is 0.415. The average Bonchev–Trinajstić information content (AvgIpc) is 2.54. The fourth-order valence-electron chi connectivity index (χ4n) is 2.40. The molecule has 2 rings (SSSR count). The summed E-state index contributed by atoms with van der Waals surface area (Å²) in [6.07, 6.45) is 4.14. The third-order valence-electron chi connectivity index (χ3n) is 3.92. The van der Waals surface area contributed by atoms with Gasteiger partial charge in [0.1, 0.15) is 5.75 Å². The first-order valence-corrected chi connectivity index (χ1v) is 8.00. The van der Waals surface area contributed by atoms with E-state index in [-0.39, 0.29) is 0 Å². The third-order valence-corrected chi connectivity index (χ3v) is 4.11. The molecule has 1 aromatic carbocycles. The normalized spacial score (nSPS) is 19.0. The summed E-state index contributed by atoms with van der Waals surface area (Å²) in [7, 11) is 1.64. The number of hydrogen-bond donors (Lipinski definition) is 2. The van der Waals surface area contributed by atoms with Crippen molar-refractivity contribution < 1.29 is 4.74 Å². The van der Waals surface area contributed by atoms with E-state index in [1.54, 1.807) is 7.11 Å². The summed E-state index contributed by atoms with van der Waals surface area (Å²) in [5.41, 5.74) is 7.20. The third kappa shape index (κ3) is 4.93. The number of ether oxygens (including phenoxy) is 1. The number of methoxy groups -OCH3 is 1. The second kappa shape index (κ2) is 7.92. The van der Waals surface area contributed by atoms with E-state index < -0.39 is 0 Å². The number of nitrogens with zero attached hydrogens (tertiary/aromatic N) is 1. The highest BCUT2D eigenvalue weighted by Crippen LogP contribution is 2.26. The lowest BCUT2D eigenvalue weighted by Crippen LogP contribution is -2.26. The number of benzene rings is 1. The topological polar surface area (TPSA) is 45.7 Å². The fraction of sp³-hybridized carbons (Fsp3) is 0.333. The van der Waals surface area contributed by atoms with E-state index in [0.29, 0.717) is 11.0 Å². The Morgan fingerprint density at radius 1 is 1.43 bits per heavy atom. The number of nitrogens with one attached hydrogen (secondary N) is 2. The Hall–Kier alpha value is -2.14. The van der Waals surface area contributed by atoms with Gasteiger partial charge in [0.05, 0.1) is 12.8 Å². The summed E-state index contributed by atoms with van der Waals surface area (Å²) in [4.78, 5) is 0. The first-order valence-electron chi connectivity index (χ1n) is 7.59. The molecule has 0 saturated carbocycles. The molecule has 1 aliphatic rings. The SMILES string of the molecule is C=C(C)[C@@H]1CC=C(C)C(=NNC(=S)Nc2cccc(OC)c2)C1. The van der Waals surface area contributed by atoms with Gasteiger partial charge in [-0.15, -0.1) is 0 Å².